The van der Waals surface area contributed by atoms with Crippen LogP contribution in [0.3, 0.4) is 0 Å². The normalized spacial score (nSPS) is 11.2. The van der Waals surface area contributed by atoms with Gasteiger partial charge in [0.2, 0.25) is 0 Å². The molecule has 7 heteroatoms. The molecule has 0 unspecified atom stereocenters. The number of aromatic nitrogens is 3. The lowest BCUT2D eigenvalue weighted by Gasteiger charge is -2.10. The van der Waals surface area contributed by atoms with E-state index >= 15 is 0 Å². The predicted molar refractivity (Wildman–Crippen MR) is 112 cm³/mol. The van der Waals surface area contributed by atoms with E-state index in [1.54, 1.807) is 6.07 Å². The molecular weight excluding hydrogens is 397 g/mol. The molecule has 1 heterocycles. The highest BCUT2D eigenvalue weighted by molar-refractivity contribution is 7.98. The van der Waals surface area contributed by atoms with Crippen LogP contribution in [0.25, 0.3) is 0 Å². The van der Waals surface area contributed by atoms with Gasteiger partial charge in [-0.2, -0.15) is 0 Å². The van der Waals surface area contributed by atoms with Crippen molar-refractivity contribution in [1.82, 2.24) is 14.8 Å². The number of ether oxygens (including phenoxy) is 1. The summed E-state index contributed by atoms with van der Waals surface area (Å²) in [5.74, 6) is 2.32. The van der Waals surface area contributed by atoms with Crippen LogP contribution in [0, 0.1) is 5.82 Å². The van der Waals surface area contributed by atoms with Gasteiger partial charge >= 0.3 is 0 Å². The van der Waals surface area contributed by atoms with E-state index in [-0.39, 0.29) is 5.82 Å². The Morgan fingerprint density at radius 2 is 1.89 bits per heavy atom. The van der Waals surface area contributed by atoms with Crippen LogP contribution in [0.1, 0.15) is 43.6 Å². The first-order valence-corrected chi connectivity index (χ1v) is 10.6. The Balaban J connectivity index is 1.64. The summed E-state index contributed by atoms with van der Waals surface area (Å²) in [4.78, 5) is 0. The summed E-state index contributed by atoms with van der Waals surface area (Å²) < 4.78 is 21.1. The van der Waals surface area contributed by atoms with Crippen molar-refractivity contribution in [3.05, 3.63) is 70.3 Å². The third-order valence-electron chi connectivity index (χ3n) is 4.40. The first-order valence-electron chi connectivity index (χ1n) is 9.19. The second kappa shape index (κ2) is 9.43. The van der Waals surface area contributed by atoms with E-state index in [0.29, 0.717) is 23.3 Å². The summed E-state index contributed by atoms with van der Waals surface area (Å²) in [6.07, 6.45) is 0. The van der Waals surface area contributed by atoms with Gasteiger partial charge in [-0.3, -0.25) is 0 Å². The summed E-state index contributed by atoms with van der Waals surface area (Å²) in [5, 5.41) is 9.76. The van der Waals surface area contributed by atoms with E-state index in [0.717, 1.165) is 28.8 Å². The van der Waals surface area contributed by atoms with Crippen molar-refractivity contribution in [2.75, 3.05) is 0 Å². The highest BCUT2D eigenvalue weighted by Gasteiger charge is 2.13. The van der Waals surface area contributed by atoms with Crippen molar-refractivity contribution >= 4 is 23.4 Å². The molecule has 0 bridgehead atoms. The summed E-state index contributed by atoms with van der Waals surface area (Å²) in [6.45, 7) is 7.45. The van der Waals surface area contributed by atoms with E-state index in [1.165, 1.54) is 29.5 Å². The van der Waals surface area contributed by atoms with Gasteiger partial charge in [-0.15, -0.1) is 10.2 Å². The molecule has 4 nitrogen and oxygen atoms in total. The Morgan fingerprint density at radius 1 is 1.14 bits per heavy atom. The molecule has 0 amide bonds. The van der Waals surface area contributed by atoms with Gasteiger partial charge in [0.15, 0.2) is 11.0 Å². The lowest BCUT2D eigenvalue weighted by molar-refractivity contribution is 0.288. The van der Waals surface area contributed by atoms with Crippen LogP contribution in [0.5, 0.6) is 5.75 Å². The Labute approximate surface area is 174 Å². The fourth-order valence-corrected chi connectivity index (χ4v) is 4.07. The van der Waals surface area contributed by atoms with Crippen molar-refractivity contribution < 1.29 is 9.13 Å². The fraction of sp³-hybridized carbons (Fsp3) is 0.333. The zero-order chi connectivity index (χ0) is 20.1. The Bertz CT molecular complexity index is 928. The predicted octanol–water partition coefficient (Wildman–Crippen LogP) is 6.09. The van der Waals surface area contributed by atoms with Crippen LogP contribution in [0.2, 0.25) is 5.02 Å². The van der Waals surface area contributed by atoms with Crippen molar-refractivity contribution in [3.8, 4) is 5.75 Å². The van der Waals surface area contributed by atoms with Crippen molar-refractivity contribution in [2.45, 2.75) is 50.8 Å². The number of rotatable bonds is 8. The number of nitrogens with zero attached hydrogens (tertiary/aromatic N) is 3. The summed E-state index contributed by atoms with van der Waals surface area (Å²) in [5.41, 5.74) is 2.14. The second-order valence-corrected chi connectivity index (χ2v) is 8.03. The van der Waals surface area contributed by atoms with E-state index in [9.17, 15) is 4.39 Å². The third-order valence-corrected chi connectivity index (χ3v) is 5.76. The standard InChI is InChI=1S/C21H23ClFN3OS/c1-4-26-20(12-27-18-9-6-15(7-10-18)14(2)3)24-25-21(26)28-13-16-5-8-17(23)11-19(16)22/h5-11,14H,4,12-13H2,1-3H3. The van der Waals surface area contributed by atoms with Gasteiger partial charge in [-0.1, -0.05) is 55.4 Å². The van der Waals surface area contributed by atoms with Crippen LogP contribution in [0.15, 0.2) is 47.6 Å². The highest BCUT2D eigenvalue weighted by atomic mass is 35.5. The van der Waals surface area contributed by atoms with Gasteiger partial charge in [0, 0.05) is 17.3 Å². The van der Waals surface area contributed by atoms with Crippen molar-refractivity contribution in [1.29, 1.82) is 0 Å². The fourth-order valence-electron chi connectivity index (χ4n) is 2.73. The lowest BCUT2D eigenvalue weighted by atomic mass is 10.0. The molecule has 1 aromatic heterocycles. The van der Waals surface area contributed by atoms with E-state index < -0.39 is 0 Å². The van der Waals surface area contributed by atoms with Crippen LogP contribution in [-0.4, -0.2) is 14.8 Å². The molecule has 0 saturated heterocycles. The minimum Gasteiger partial charge on any atom is -0.486 e. The largest absolute Gasteiger partial charge is 0.486 e. The van der Waals surface area contributed by atoms with E-state index in [1.807, 2.05) is 23.6 Å². The first kappa shape index (κ1) is 20.7. The number of halogens is 2. The molecule has 3 rings (SSSR count). The summed E-state index contributed by atoms with van der Waals surface area (Å²) in [6, 6.07) is 12.6. The lowest BCUT2D eigenvalue weighted by Crippen LogP contribution is -2.07. The van der Waals surface area contributed by atoms with Crippen molar-refractivity contribution in [3.63, 3.8) is 0 Å². The Hall–Kier alpha value is -2.05. The minimum absolute atomic E-state index is 0.337. The molecule has 28 heavy (non-hydrogen) atoms. The van der Waals surface area contributed by atoms with Crippen LogP contribution >= 0.6 is 23.4 Å². The highest BCUT2D eigenvalue weighted by Crippen LogP contribution is 2.27. The third kappa shape index (κ3) is 5.06. The average molecular weight is 420 g/mol. The summed E-state index contributed by atoms with van der Waals surface area (Å²) in [7, 11) is 0. The monoisotopic (exact) mass is 419 g/mol. The van der Waals surface area contributed by atoms with Gasteiger partial charge in [0.05, 0.1) is 0 Å². The molecule has 2 aromatic carbocycles. The maximum Gasteiger partial charge on any atom is 0.191 e. The van der Waals surface area contributed by atoms with Gasteiger partial charge in [-0.25, -0.2) is 4.39 Å². The molecule has 148 valence electrons. The molecule has 3 aromatic rings. The zero-order valence-corrected chi connectivity index (χ0v) is 17.7. The molecule has 0 spiro atoms. The quantitative estimate of drug-likeness (QED) is 0.414. The maximum atomic E-state index is 13.2. The van der Waals surface area contributed by atoms with E-state index in [4.69, 9.17) is 16.3 Å². The molecule has 0 aliphatic heterocycles. The van der Waals surface area contributed by atoms with Crippen LogP contribution < -0.4 is 4.74 Å². The summed E-state index contributed by atoms with van der Waals surface area (Å²) >= 11 is 7.63. The molecule has 0 N–H and O–H groups in total. The van der Waals surface area contributed by atoms with E-state index in [2.05, 4.69) is 36.2 Å². The molecule has 0 saturated carbocycles. The Morgan fingerprint density at radius 3 is 2.54 bits per heavy atom. The molecule has 0 fully saturated rings. The van der Waals surface area contributed by atoms with Crippen molar-refractivity contribution in [2.24, 2.45) is 0 Å². The van der Waals surface area contributed by atoms with Gasteiger partial charge in [0.1, 0.15) is 18.2 Å². The molecular formula is C21H23ClFN3OS. The SMILES string of the molecule is CCn1c(COc2ccc(C(C)C)cc2)nnc1SCc1ccc(F)cc1Cl. The van der Waals surface area contributed by atoms with Gasteiger partial charge in [0.25, 0.3) is 0 Å². The minimum atomic E-state index is -0.337. The Kier molecular flexibility index (Phi) is 6.97. The molecule has 0 radical (unpaired) electrons. The molecule has 0 atom stereocenters. The first-order chi connectivity index (χ1) is 13.5. The average Bonchev–Trinajstić information content (AvgIpc) is 3.07. The molecule has 0 aliphatic carbocycles. The van der Waals surface area contributed by atoms with Gasteiger partial charge in [-0.05, 0) is 48.2 Å². The smallest absolute Gasteiger partial charge is 0.191 e. The molecule has 0 aliphatic rings. The zero-order valence-electron chi connectivity index (χ0n) is 16.2. The topological polar surface area (TPSA) is 39.9 Å². The van der Waals surface area contributed by atoms with Gasteiger partial charge < -0.3 is 9.30 Å². The van der Waals surface area contributed by atoms with Crippen LogP contribution in [0.4, 0.5) is 4.39 Å². The number of thioether (sulfide) groups is 1. The number of benzene rings is 2. The maximum absolute atomic E-state index is 13.2. The second-order valence-electron chi connectivity index (χ2n) is 6.68. The number of hydrogen-bond acceptors (Lipinski definition) is 4. The van der Waals surface area contributed by atoms with Crippen LogP contribution in [-0.2, 0) is 18.9 Å². The number of hydrogen-bond donors (Lipinski definition) is 0.